The molecule has 1 aliphatic rings. The Morgan fingerprint density at radius 1 is 1.06 bits per heavy atom. The van der Waals surface area contributed by atoms with Crippen molar-refractivity contribution in [3.8, 4) is 11.5 Å². The summed E-state index contributed by atoms with van der Waals surface area (Å²) in [6.45, 7) is 0.162. The zero-order chi connectivity index (χ0) is 22.6. The fraction of sp³-hybridized carbons (Fsp3) is 0.696. The number of ether oxygens (including phenoxy) is 3. The summed E-state index contributed by atoms with van der Waals surface area (Å²) in [5, 5.41) is 30.9. The highest BCUT2D eigenvalue weighted by atomic mass is 32.2. The van der Waals surface area contributed by atoms with Crippen LogP contribution in [0.4, 0.5) is 0 Å². The van der Waals surface area contributed by atoms with E-state index in [4.69, 9.17) is 9.47 Å². The van der Waals surface area contributed by atoms with Gasteiger partial charge in [0.1, 0.15) is 18.1 Å². The van der Waals surface area contributed by atoms with Gasteiger partial charge in [0.2, 0.25) is 0 Å². The summed E-state index contributed by atoms with van der Waals surface area (Å²) in [6, 6.07) is 7.17. The van der Waals surface area contributed by atoms with E-state index in [1.54, 1.807) is 31.4 Å². The highest BCUT2D eigenvalue weighted by Crippen LogP contribution is 2.39. The molecule has 1 aromatic carbocycles. The Bertz CT molecular complexity index is 639. The first-order valence-electron chi connectivity index (χ1n) is 10.9. The van der Waals surface area contributed by atoms with Crippen LogP contribution in [0, 0.1) is 5.92 Å². The Kier molecular flexibility index (Phi) is 11.5. The van der Waals surface area contributed by atoms with Gasteiger partial charge in [0.05, 0.1) is 32.5 Å². The quantitative estimate of drug-likeness (QED) is 0.290. The SMILES string of the molecule is COC(=O)CCCCCCC1C(O)CC(O)C1SCC(O)COc1ccc(OC)cc1. The Labute approximate surface area is 189 Å². The van der Waals surface area contributed by atoms with Crippen LogP contribution in [-0.4, -0.2) is 71.4 Å². The van der Waals surface area contributed by atoms with Gasteiger partial charge < -0.3 is 29.5 Å². The maximum absolute atomic E-state index is 11.1. The second-order valence-electron chi connectivity index (χ2n) is 8.00. The van der Waals surface area contributed by atoms with Crippen LogP contribution in [-0.2, 0) is 9.53 Å². The first-order valence-corrected chi connectivity index (χ1v) is 12.0. The first-order chi connectivity index (χ1) is 14.9. The lowest BCUT2D eigenvalue weighted by Crippen LogP contribution is -2.28. The van der Waals surface area contributed by atoms with E-state index >= 15 is 0 Å². The molecule has 2 rings (SSSR count). The van der Waals surface area contributed by atoms with Gasteiger partial charge in [-0.05, 0) is 43.0 Å². The van der Waals surface area contributed by atoms with Gasteiger partial charge in [-0.1, -0.05) is 19.3 Å². The van der Waals surface area contributed by atoms with Crippen molar-refractivity contribution in [2.24, 2.45) is 5.92 Å². The second-order valence-corrected chi connectivity index (χ2v) is 9.21. The topological polar surface area (TPSA) is 105 Å². The molecule has 5 unspecified atom stereocenters. The molecule has 5 atom stereocenters. The molecule has 1 aliphatic carbocycles. The van der Waals surface area contributed by atoms with Crippen LogP contribution in [0.2, 0.25) is 0 Å². The lowest BCUT2D eigenvalue weighted by Gasteiger charge is -2.24. The number of unbranched alkanes of at least 4 members (excludes halogenated alkanes) is 3. The lowest BCUT2D eigenvalue weighted by atomic mass is 9.97. The highest BCUT2D eigenvalue weighted by Gasteiger charge is 2.41. The minimum absolute atomic E-state index is 0.00955. The summed E-state index contributed by atoms with van der Waals surface area (Å²) in [5.74, 6) is 1.66. The van der Waals surface area contributed by atoms with Gasteiger partial charge in [0.25, 0.3) is 0 Å². The molecule has 8 heteroatoms. The second kappa shape index (κ2) is 13.8. The van der Waals surface area contributed by atoms with E-state index in [0.717, 1.165) is 37.9 Å². The van der Waals surface area contributed by atoms with Gasteiger partial charge in [0, 0.05) is 23.8 Å². The number of aliphatic hydroxyl groups excluding tert-OH is 3. The molecule has 31 heavy (non-hydrogen) atoms. The number of hydrogen-bond acceptors (Lipinski definition) is 8. The van der Waals surface area contributed by atoms with E-state index < -0.39 is 18.3 Å². The van der Waals surface area contributed by atoms with Gasteiger partial charge in [-0.3, -0.25) is 4.79 Å². The molecule has 3 N–H and O–H groups in total. The molecular formula is C23H36O7S. The number of hydrogen-bond donors (Lipinski definition) is 3. The van der Waals surface area contributed by atoms with Crippen molar-refractivity contribution in [3.63, 3.8) is 0 Å². The molecule has 0 saturated heterocycles. The molecule has 176 valence electrons. The summed E-state index contributed by atoms with van der Waals surface area (Å²) in [6.07, 6.45) is 3.56. The number of carbonyl (C=O) groups is 1. The van der Waals surface area contributed by atoms with Crippen molar-refractivity contribution >= 4 is 17.7 Å². The van der Waals surface area contributed by atoms with Gasteiger partial charge in [0.15, 0.2) is 0 Å². The molecule has 0 aromatic heterocycles. The molecular weight excluding hydrogens is 420 g/mol. The van der Waals surface area contributed by atoms with E-state index in [0.29, 0.717) is 24.3 Å². The number of esters is 1. The number of rotatable bonds is 14. The van der Waals surface area contributed by atoms with Crippen molar-refractivity contribution < 1.29 is 34.3 Å². The van der Waals surface area contributed by atoms with Crippen LogP contribution < -0.4 is 9.47 Å². The van der Waals surface area contributed by atoms with Crippen LogP contribution in [0.1, 0.15) is 44.9 Å². The van der Waals surface area contributed by atoms with Crippen molar-refractivity contribution in [2.45, 2.75) is 68.5 Å². The zero-order valence-electron chi connectivity index (χ0n) is 18.4. The molecule has 0 amide bonds. The minimum atomic E-state index is -0.670. The third kappa shape index (κ3) is 8.88. The summed E-state index contributed by atoms with van der Waals surface area (Å²) in [7, 11) is 3.00. The van der Waals surface area contributed by atoms with Gasteiger partial charge in [-0.15, -0.1) is 0 Å². The standard InChI is InChI=1S/C23H36O7S/c1-28-17-9-11-18(12-10-17)30-14-16(24)15-31-23-19(20(25)13-21(23)26)7-5-3-4-6-8-22(27)29-2/h9-12,16,19-21,23-26H,3-8,13-15H2,1-2H3. The molecule has 1 saturated carbocycles. The average molecular weight is 457 g/mol. The summed E-state index contributed by atoms with van der Waals surface area (Å²) in [5.41, 5.74) is 0. The van der Waals surface area contributed by atoms with E-state index in [1.165, 1.54) is 18.9 Å². The fourth-order valence-electron chi connectivity index (χ4n) is 3.89. The monoisotopic (exact) mass is 456 g/mol. The van der Waals surface area contributed by atoms with Gasteiger partial charge in [-0.2, -0.15) is 11.8 Å². The Balaban J connectivity index is 1.69. The van der Waals surface area contributed by atoms with Gasteiger partial charge >= 0.3 is 5.97 Å². The molecule has 1 aromatic rings. The zero-order valence-corrected chi connectivity index (χ0v) is 19.3. The van der Waals surface area contributed by atoms with Crippen molar-refractivity contribution in [1.29, 1.82) is 0 Å². The van der Waals surface area contributed by atoms with Crippen LogP contribution in [0.25, 0.3) is 0 Å². The molecule has 0 bridgehead atoms. The minimum Gasteiger partial charge on any atom is -0.497 e. The molecule has 7 nitrogen and oxygen atoms in total. The van der Waals surface area contributed by atoms with Crippen LogP contribution >= 0.6 is 11.8 Å². The van der Waals surface area contributed by atoms with Crippen LogP contribution in [0.5, 0.6) is 11.5 Å². The number of methoxy groups -OCH3 is 2. The number of thioether (sulfide) groups is 1. The van der Waals surface area contributed by atoms with E-state index in [9.17, 15) is 20.1 Å². The Morgan fingerprint density at radius 3 is 2.42 bits per heavy atom. The maximum atomic E-state index is 11.1. The van der Waals surface area contributed by atoms with E-state index in [2.05, 4.69) is 4.74 Å². The van der Waals surface area contributed by atoms with Crippen molar-refractivity contribution in [3.05, 3.63) is 24.3 Å². The smallest absolute Gasteiger partial charge is 0.305 e. The summed E-state index contributed by atoms with van der Waals surface area (Å²) >= 11 is 1.51. The first kappa shape index (κ1) is 25.8. The molecule has 1 fully saturated rings. The predicted octanol–water partition coefficient (Wildman–Crippen LogP) is 2.79. The summed E-state index contributed by atoms with van der Waals surface area (Å²) < 4.78 is 15.4. The fourth-order valence-corrected chi connectivity index (χ4v) is 5.33. The number of aliphatic hydroxyl groups is 3. The van der Waals surface area contributed by atoms with E-state index in [1.807, 2.05) is 0 Å². The third-order valence-electron chi connectivity index (χ3n) is 5.66. The van der Waals surface area contributed by atoms with Crippen LogP contribution in [0.3, 0.4) is 0 Å². The average Bonchev–Trinajstić information content (AvgIpc) is 3.05. The lowest BCUT2D eigenvalue weighted by molar-refractivity contribution is -0.140. The molecule has 0 aliphatic heterocycles. The Morgan fingerprint density at radius 2 is 1.74 bits per heavy atom. The number of benzene rings is 1. The molecule has 0 radical (unpaired) electrons. The predicted molar refractivity (Wildman–Crippen MR) is 121 cm³/mol. The molecule has 0 spiro atoms. The van der Waals surface area contributed by atoms with Gasteiger partial charge in [-0.25, -0.2) is 0 Å². The van der Waals surface area contributed by atoms with Crippen molar-refractivity contribution in [1.82, 2.24) is 0 Å². The largest absolute Gasteiger partial charge is 0.497 e. The van der Waals surface area contributed by atoms with Crippen molar-refractivity contribution in [2.75, 3.05) is 26.6 Å². The maximum Gasteiger partial charge on any atom is 0.305 e. The summed E-state index contributed by atoms with van der Waals surface area (Å²) in [4.78, 5) is 11.1. The van der Waals surface area contributed by atoms with E-state index in [-0.39, 0.29) is 23.7 Å². The van der Waals surface area contributed by atoms with Crippen LogP contribution in [0.15, 0.2) is 24.3 Å². The molecule has 0 heterocycles. The third-order valence-corrected chi connectivity index (χ3v) is 7.28. The normalized spacial score (nSPS) is 24.0. The number of carbonyl (C=O) groups excluding carboxylic acids is 1. The highest BCUT2D eigenvalue weighted by molar-refractivity contribution is 8.00. The Hall–Kier alpha value is -1.48.